The maximum Gasteiger partial charge on any atom is 0.352 e. The average Bonchev–Trinajstić information content (AvgIpc) is 2.83. The highest BCUT2D eigenvalue weighted by molar-refractivity contribution is 5.93. The molecule has 1 aromatic heterocycles. The van der Waals surface area contributed by atoms with Gasteiger partial charge in [0.15, 0.2) is 0 Å². The molecule has 0 aliphatic carbocycles. The quantitative estimate of drug-likeness (QED) is 0.779. The number of hydrogen-bond donors (Lipinski definition) is 3. The zero-order chi connectivity index (χ0) is 14.9. The summed E-state index contributed by atoms with van der Waals surface area (Å²) in [7, 11) is 0. The molecule has 0 saturated heterocycles. The van der Waals surface area contributed by atoms with Crippen LogP contribution in [0.3, 0.4) is 0 Å². The first-order valence-electron chi connectivity index (χ1n) is 5.44. The first-order chi connectivity index (χ1) is 9.41. The van der Waals surface area contributed by atoms with Crippen molar-refractivity contribution >= 4 is 17.9 Å². The second-order valence-corrected chi connectivity index (χ2v) is 3.90. The summed E-state index contributed by atoms with van der Waals surface area (Å²) in [5, 5.41) is 26.9. The van der Waals surface area contributed by atoms with Crippen LogP contribution in [0.4, 0.5) is 0 Å². The summed E-state index contributed by atoms with van der Waals surface area (Å²) in [5.41, 5.74) is -0.152. The molecular formula is C13H9NO6. The number of carbonyl (C=O) groups is 3. The van der Waals surface area contributed by atoms with Crippen molar-refractivity contribution in [1.82, 2.24) is 4.57 Å². The molecule has 0 bridgehead atoms. The van der Waals surface area contributed by atoms with E-state index in [2.05, 4.69) is 0 Å². The molecule has 7 nitrogen and oxygen atoms in total. The lowest BCUT2D eigenvalue weighted by Gasteiger charge is -2.09. The second-order valence-electron chi connectivity index (χ2n) is 3.90. The van der Waals surface area contributed by atoms with E-state index in [0.717, 1.165) is 4.57 Å². The minimum atomic E-state index is -1.28. The standard InChI is InChI=1S/C13H9NO6/c15-11(16)7-1-3-8(4-2-7)14-9(12(17)18)5-6-10(14)13(19)20/h1-6H,(H,15,16)(H,17,18)(H,19,20). The fourth-order valence-electron chi connectivity index (χ4n) is 1.80. The zero-order valence-corrected chi connectivity index (χ0v) is 9.98. The van der Waals surface area contributed by atoms with Gasteiger partial charge in [0.2, 0.25) is 0 Å². The molecule has 0 spiro atoms. The van der Waals surface area contributed by atoms with E-state index in [-0.39, 0.29) is 22.6 Å². The Morgan fingerprint density at radius 3 is 1.50 bits per heavy atom. The Labute approximate surface area is 112 Å². The summed E-state index contributed by atoms with van der Waals surface area (Å²) in [6, 6.07) is 7.60. The van der Waals surface area contributed by atoms with Crippen molar-refractivity contribution in [2.75, 3.05) is 0 Å². The summed E-state index contributed by atoms with van der Waals surface area (Å²) in [6.07, 6.45) is 0. The van der Waals surface area contributed by atoms with E-state index in [0.29, 0.717) is 0 Å². The van der Waals surface area contributed by atoms with Crippen LogP contribution >= 0.6 is 0 Å². The first kappa shape index (κ1) is 13.3. The summed E-state index contributed by atoms with van der Waals surface area (Å²) < 4.78 is 1.04. The fourth-order valence-corrected chi connectivity index (χ4v) is 1.80. The molecule has 0 radical (unpaired) electrons. The van der Waals surface area contributed by atoms with Crippen molar-refractivity contribution in [3.8, 4) is 5.69 Å². The number of nitrogens with zero attached hydrogens (tertiary/aromatic N) is 1. The fraction of sp³-hybridized carbons (Fsp3) is 0. The second kappa shape index (κ2) is 4.88. The molecule has 2 rings (SSSR count). The van der Waals surface area contributed by atoms with Crippen LogP contribution in [0.15, 0.2) is 36.4 Å². The third-order valence-electron chi connectivity index (χ3n) is 2.69. The summed E-state index contributed by atoms with van der Waals surface area (Å²) in [5.74, 6) is -3.68. The third kappa shape index (κ3) is 2.24. The topological polar surface area (TPSA) is 117 Å². The third-order valence-corrected chi connectivity index (χ3v) is 2.69. The molecule has 0 unspecified atom stereocenters. The van der Waals surface area contributed by atoms with Gasteiger partial charge in [0.1, 0.15) is 11.4 Å². The molecule has 0 saturated carbocycles. The Morgan fingerprint density at radius 1 is 0.700 bits per heavy atom. The maximum atomic E-state index is 11.1. The molecule has 1 heterocycles. The number of carboxylic acid groups (broad SMARTS) is 3. The van der Waals surface area contributed by atoms with Crippen LogP contribution in [0.2, 0.25) is 0 Å². The summed E-state index contributed by atoms with van der Waals surface area (Å²) in [6.45, 7) is 0. The normalized spacial score (nSPS) is 10.2. The van der Waals surface area contributed by atoms with Crippen molar-refractivity contribution in [2.45, 2.75) is 0 Å². The van der Waals surface area contributed by atoms with Gasteiger partial charge in [0.05, 0.1) is 5.56 Å². The number of benzene rings is 1. The van der Waals surface area contributed by atoms with E-state index in [1.54, 1.807) is 0 Å². The van der Waals surface area contributed by atoms with Crippen LogP contribution in [-0.2, 0) is 0 Å². The van der Waals surface area contributed by atoms with E-state index in [1.165, 1.54) is 36.4 Å². The van der Waals surface area contributed by atoms with Crippen molar-refractivity contribution in [3.05, 3.63) is 53.3 Å². The lowest BCUT2D eigenvalue weighted by molar-refractivity contribution is 0.0672. The lowest BCUT2D eigenvalue weighted by Crippen LogP contribution is -2.12. The highest BCUT2D eigenvalue weighted by atomic mass is 16.4. The largest absolute Gasteiger partial charge is 0.478 e. The molecule has 0 atom stereocenters. The van der Waals surface area contributed by atoms with Crippen molar-refractivity contribution in [3.63, 3.8) is 0 Å². The van der Waals surface area contributed by atoms with Gasteiger partial charge in [-0.15, -0.1) is 0 Å². The molecule has 0 aliphatic rings. The SMILES string of the molecule is O=C(O)c1ccc(-n2c(C(=O)O)ccc2C(=O)O)cc1. The van der Waals surface area contributed by atoms with Gasteiger partial charge in [-0.05, 0) is 36.4 Å². The van der Waals surface area contributed by atoms with Crippen molar-refractivity contribution < 1.29 is 29.7 Å². The van der Waals surface area contributed by atoms with Gasteiger partial charge in [-0.1, -0.05) is 0 Å². The molecule has 0 fully saturated rings. The van der Waals surface area contributed by atoms with E-state index in [4.69, 9.17) is 15.3 Å². The highest BCUT2D eigenvalue weighted by Gasteiger charge is 2.19. The lowest BCUT2D eigenvalue weighted by atomic mass is 10.2. The Hall–Kier alpha value is -3.09. The van der Waals surface area contributed by atoms with Crippen molar-refractivity contribution in [2.24, 2.45) is 0 Å². The van der Waals surface area contributed by atoms with E-state index in [1.807, 2.05) is 0 Å². The Balaban J connectivity index is 2.61. The van der Waals surface area contributed by atoms with Crippen molar-refractivity contribution in [1.29, 1.82) is 0 Å². The van der Waals surface area contributed by atoms with Crippen LogP contribution in [0.25, 0.3) is 5.69 Å². The van der Waals surface area contributed by atoms with Crippen LogP contribution in [0.5, 0.6) is 0 Å². The Bertz CT molecular complexity index is 667. The maximum absolute atomic E-state index is 11.1. The molecule has 102 valence electrons. The van der Waals surface area contributed by atoms with Gasteiger partial charge in [0, 0.05) is 5.69 Å². The predicted octanol–water partition coefficient (Wildman–Crippen LogP) is 1.57. The first-order valence-corrected chi connectivity index (χ1v) is 5.44. The van der Waals surface area contributed by atoms with E-state index in [9.17, 15) is 14.4 Å². The van der Waals surface area contributed by atoms with Gasteiger partial charge in [0.25, 0.3) is 0 Å². The number of aromatic carboxylic acids is 3. The average molecular weight is 275 g/mol. The van der Waals surface area contributed by atoms with Crippen LogP contribution in [0, 0.1) is 0 Å². The van der Waals surface area contributed by atoms with Gasteiger partial charge in [-0.3, -0.25) is 4.57 Å². The van der Waals surface area contributed by atoms with Crippen LogP contribution in [0.1, 0.15) is 31.3 Å². The van der Waals surface area contributed by atoms with Gasteiger partial charge >= 0.3 is 17.9 Å². The number of hydrogen-bond acceptors (Lipinski definition) is 3. The summed E-state index contributed by atoms with van der Waals surface area (Å²) in [4.78, 5) is 33.0. The molecule has 1 aromatic carbocycles. The molecule has 2 aromatic rings. The monoisotopic (exact) mass is 275 g/mol. The molecule has 20 heavy (non-hydrogen) atoms. The zero-order valence-electron chi connectivity index (χ0n) is 9.98. The minimum absolute atomic E-state index is 0.0228. The number of aromatic nitrogens is 1. The molecule has 0 amide bonds. The molecular weight excluding hydrogens is 266 g/mol. The predicted molar refractivity (Wildman–Crippen MR) is 66.6 cm³/mol. The molecule has 3 N–H and O–H groups in total. The summed E-state index contributed by atoms with van der Waals surface area (Å²) >= 11 is 0. The van der Waals surface area contributed by atoms with E-state index < -0.39 is 17.9 Å². The van der Waals surface area contributed by atoms with Crippen LogP contribution < -0.4 is 0 Å². The van der Waals surface area contributed by atoms with Gasteiger partial charge in [-0.2, -0.15) is 0 Å². The van der Waals surface area contributed by atoms with E-state index >= 15 is 0 Å². The smallest absolute Gasteiger partial charge is 0.352 e. The number of rotatable bonds is 4. The van der Waals surface area contributed by atoms with Gasteiger partial charge in [-0.25, -0.2) is 14.4 Å². The van der Waals surface area contributed by atoms with Gasteiger partial charge < -0.3 is 15.3 Å². The minimum Gasteiger partial charge on any atom is -0.478 e. The Kier molecular flexibility index (Phi) is 3.26. The Morgan fingerprint density at radius 2 is 1.15 bits per heavy atom. The molecule has 7 heteroatoms. The molecule has 0 aliphatic heterocycles. The van der Waals surface area contributed by atoms with Crippen LogP contribution in [-0.4, -0.2) is 37.8 Å². The number of carboxylic acids is 3. The highest BCUT2D eigenvalue weighted by Crippen LogP contribution is 2.18.